The molecule has 2 saturated carbocycles. The van der Waals surface area contributed by atoms with Gasteiger partial charge in [-0.3, -0.25) is 0 Å². The number of ether oxygens (including phenoxy) is 1. The highest BCUT2D eigenvalue weighted by Gasteiger charge is 2.38. The van der Waals surface area contributed by atoms with E-state index in [2.05, 4.69) is 13.8 Å². The number of benzene rings is 1. The number of hydrogen-bond donors (Lipinski definition) is 0. The first-order valence-electron chi connectivity index (χ1n) is 11.7. The van der Waals surface area contributed by atoms with Gasteiger partial charge in [-0.15, -0.1) is 0 Å². The van der Waals surface area contributed by atoms with Crippen LogP contribution in [0, 0.1) is 29.4 Å². The summed E-state index contributed by atoms with van der Waals surface area (Å²) in [5.74, 6) is 1.45. The third-order valence-corrected chi connectivity index (χ3v) is 7.87. The van der Waals surface area contributed by atoms with Gasteiger partial charge in [0, 0.05) is 12.2 Å². The molecule has 0 aliphatic heterocycles. The molecule has 3 heteroatoms. The molecule has 0 saturated heterocycles. The van der Waals surface area contributed by atoms with Crippen molar-refractivity contribution in [3.05, 3.63) is 34.4 Å². The molecule has 0 aromatic heterocycles. The van der Waals surface area contributed by atoms with Crippen molar-refractivity contribution in [1.29, 1.82) is 0 Å². The summed E-state index contributed by atoms with van der Waals surface area (Å²) in [6.07, 6.45) is 11.6. The summed E-state index contributed by atoms with van der Waals surface area (Å²) in [4.78, 5) is 0. The lowest BCUT2D eigenvalue weighted by molar-refractivity contribution is -0.0150. The van der Waals surface area contributed by atoms with Crippen molar-refractivity contribution in [3.63, 3.8) is 0 Å². The van der Waals surface area contributed by atoms with Crippen LogP contribution in [0.3, 0.4) is 0 Å². The van der Waals surface area contributed by atoms with E-state index in [1.54, 1.807) is 6.07 Å². The third kappa shape index (κ3) is 4.01. The van der Waals surface area contributed by atoms with Crippen molar-refractivity contribution >= 4 is 0 Å². The first-order chi connectivity index (χ1) is 13.6. The topological polar surface area (TPSA) is 9.23 Å². The van der Waals surface area contributed by atoms with Crippen molar-refractivity contribution in [3.8, 4) is 0 Å². The Morgan fingerprint density at radius 3 is 2.57 bits per heavy atom. The van der Waals surface area contributed by atoms with Crippen LogP contribution in [0.1, 0.15) is 94.2 Å². The van der Waals surface area contributed by atoms with Gasteiger partial charge in [0.05, 0.1) is 6.10 Å². The number of hydrogen-bond acceptors (Lipinski definition) is 1. The zero-order valence-electron chi connectivity index (χ0n) is 17.6. The van der Waals surface area contributed by atoms with Gasteiger partial charge in [0.2, 0.25) is 0 Å². The highest BCUT2D eigenvalue weighted by molar-refractivity contribution is 5.39. The van der Waals surface area contributed by atoms with Crippen LogP contribution in [-0.4, -0.2) is 12.7 Å². The van der Waals surface area contributed by atoms with Crippen LogP contribution in [0.25, 0.3) is 0 Å². The fourth-order valence-electron chi connectivity index (χ4n) is 6.21. The standard InChI is InChI=1S/C25H36F2O/c1-3-11-28-21-9-8-17-13-19(7-6-18(17)14-21)24-23(26)15-20-12-16(4-2)5-10-22(20)25(24)27/h15-19,21H,3-14H2,1-2H3. The molecule has 2 fully saturated rings. The quantitative estimate of drug-likeness (QED) is 0.528. The second-order valence-corrected chi connectivity index (χ2v) is 9.58. The van der Waals surface area contributed by atoms with E-state index < -0.39 is 0 Å². The van der Waals surface area contributed by atoms with Gasteiger partial charge in [0.15, 0.2) is 0 Å². The minimum absolute atomic E-state index is 0.0589. The molecule has 28 heavy (non-hydrogen) atoms. The van der Waals surface area contributed by atoms with Crippen LogP contribution in [0.4, 0.5) is 8.78 Å². The summed E-state index contributed by atoms with van der Waals surface area (Å²) in [7, 11) is 0. The summed E-state index contributed by atoms with van der Waals surface area (Å²) < 4.78 is 36.4. The van der Waals surface area contributed by atoms with Gasteiger partial charge in [-0.05, 0) is 105 Å². The SMILES string of the molecule is CCCOC1CCC2CC(c3c(F)cc4c(c3F)CCC(CC)C4)CCC2C1. The van der Waals surface area contributed by atoms with Crippen molar-refractivity contribution in [2.75, 3.05) is 6.61 Å². The molecule has 1 nitrogen and oxygen atoms in total. The van der Waals surface area contributed by atoms with Gasteiger partial charge in [-0.2, -0.15) is 0 Å². The summed E-state index contributed by atoms with van der Waals surface area (Å²) >= 11 is 0. The molecular formula is C25H36F2O. The van der Waals surface area contributed by atoms with E-state index in [4.69, 9.17) is 4.74 Å². The molecule has 1 aromatic rings. The maximum atomic E-state index is 15.4. The van der Waals surface area contributed by atoms with Crippen LogP contribution in [0.15, 0.2) is 6.07 Å². The van der Waals surface area contributed by atoms with Gasteiger partial charge in [-0.1, -0.05) is 20.3 Å². The van der Waals surface area contributed by atoms with E-state index in [0.717, 1.165) is 88.4 Å². The first kappa shape index (κ1) is 20.3. The zero-order valence-corrected chi connectivity index (χ0v) is 17.6. The summed E-state index contributed by atoms with van der Waals surface area (Å²) in [6.45, 7) is 5.19. The lowest BCUT2D eigenvalue weighted by atomic mass is 9.65. The molecule has 156 valence electrons. The molecule has 0 heterocycles. The largest absolute Gasteiger partial charge is 0.378 e. The Morgan fingerprint density at radius 1 is 1.00 bits per heavy atom. The predicted molar refractivity (Wildman–Crippen MR) is 110 cm³/mol. The Kier molecular flexibility index (Phi) is 6.40. The first-order valence-corrected chi connectivity index (χ1v) is 11.7. The van der Waals surface area contributed by atoms with E-state index >= 15 is 8.78 Å². The van der Waals surface area contributed by atoms with Gasteiger partial charge >= 0.3 is 0 Å². The average molecular weight is 391 g/mol. The normalized spacial score (nSPS) is 32.6. The van der Waals surface area contributed by atoms with Crippen LogP contribution < -0.4 is 0 Å². The van der Waals surface area contributed by atoms with Crippen molar-refractivity contribution in [1.82, 2.24) is 0 Å². The average Bonchev–Trinajstić information content (AvgIpc) is 2.71. The Labute approximate surface area is 169 Å². The van der Waals surface area contributed by atoms with Crippen molar-refractivity contribution in [2.45, 2.75) is 96.5 Å². The molecule has 5 atom stereocenters. The second-order valence-electron chi connectivity index (χ2n) is 9.58. The molecule has 3 aliphatic rings. The van der Waals surface area contributed by atoms with E-state index in [-0.39, 0.29) is 17.6 Å². The molecule has 1 aromatic carbocycles. The molecule has 3 aliphatic carbocycles. The number of rotatable bonds is 5. The molecule has 0 bridgehead atoms. The molecule has 0 spiro atoms. The molecule has 0 amide bonds. The van der Waals surface area contributed by atoms with Crippen molar-refractivity contribution < 1.29 is 13.5 Å². The zero-order chi connectivity index (χ0) is 19.7. The minimum Gasteiger partial charge on any atom is -0.378 e. The number of fused-ring (bicyclic) bond motifs is 2. The van der Waals surface area contributed by atoms with Crippen LogP contribution in [0.5, 0.6) is 0 Å². The molecular weight excluding hydrogens is 354 g/mol. The smallest absolute Gasteiger partial charge is 0.133 e. The predicted octanol–water partition coefficient (Wildman–Crippen LogP) is 6.96. The molecule has 5 unspecified atom stereocenters. The Balaban J connectivity index is 1.48. The van der Waals surface area contributed by atoms with Gasteiger partial charge in [-0.25, -0.2) is 8.78 Å². The van der Waals surface area contributed by atoms with E-state index in [1.165, 1.54) is 0 Å². The Morgan fingerprint density at radius 2 is 1.79 bits per heavy atom. The maximum absolute atomic E-state index is 15.4. The summed E-state index contributed by atoms with van der Waals surface area (Å²) in [5, 5.41) is 0. The molecule has 0 radical (unpaired) electrons. The van der Waals surface area contributed by atoms with Gasteiger partial charge in [0.1, 0.15) is 11.6 Å². The van der Waals surface area contributed by atoms with E-state index in [0.29, 0.717) is 29.4 Å². The van der Waals surface area contributed by atoms with Crippen LogP contribution in [0.2, 0.25) is 0 Å². The summed E-state index contributed by atoms with van der Waals surface area (Å²) in [5.41, 5.74) is 2.16. The highest BCUT2D eigenvalue weighted by atomic mass is 19.1. The monoisotopic (exact) mass is 390 g/mol. The molecule has 0 N–H and O–H groups in total. The minimum atomic E-state index is -0.281. The van der Waals surface area contributed by atoms with Gasteiger partial charge in [0.25, 0.3) is 0 Å². The lowest BCUT2D eigenvalue weighted by Crippen LogP contribution is -2.34. The van der Waals surface area contributed by atoms with E-state index in [9.17, 15) is 0 Å². The highest BCUT2D eigenvalue weighted by Crippen LogP contribution is 2.48. The van der Waals surface area contributed by atoms with Crippen LogP contribution >= 0.6 is 0 Å². The van der Waals surface area contributed by atoms with Gasteiger partial charge < -0.3 is 4.74 Å². The number of halogens is 2. The second kappa shape index (κ2) is 8.81. The fourth-order valence-corrected chi connectivity index (χ4v) is 6.21. The Hall–Kier alpha value is -0.960. The maximum Gasteiger partial charge on any atom is 0.133 e. The fraction of sp³-hybridized carbons (Fsp3) is 0.760. The lowest BCUT2D eigenvalue weighted by Gasteiger charge is -2.42. The van der Waals surface area contributed by atoms with Crippen molar-refractivity contribution in [2.24, 2.45) is 17.8 Å². The van der Waals surface area contributed by atoms with Crippen LogP contribution in [-0.2, 0) is 17.6 Å². The third-order valence-electron chi connectivity index (χ3n) is 7.87. The van der Waals surface area contributed by atoms with E-state index in [1.807, 2.05) is 0 Å². The molecule has 4 rings (SSSR count). The summed E-state index contributed by atoms with van der Waals surface area (Å²) in [6, 6.07) is 1.68. The Bertz CT molecular complexity index is 686.